The van der Waals surface area contributed by atoms with E-state index in [4.69, 9.17) is 11.6 Å². The summed E-state index contributed by atoms with van der Waals surface area (Å²) in [6.07, 6.45) is 2.96. The van der Waals surface area contributed by atoms with Crippen LogP contribution < -0.4 is 10.6 Å². The molecule has 3 aromatic rings. The number of sulfonamides is 1. The normalized spacial score (nSPS) is 17.9. The van der Waals surface area contributed by atoms with E-state index in [-0.39, 0.29) is 18.8 Å². The third-order valence-corrected chi connectivity index (χ3v) is 8.47. The predicted octanol–water partition coefficient (Wildman–Crippen LogP) is 4.95. The van der Waals surface area contributed by atoms with Crippen molar-refractivity contribution in [2.45, 2.75) is 4.90 Å². The molecule has 0 aromatic heterocycles. The molecule has 1 fully saturated rings. The van der Waals surface area contributed by atoms with Crippen molar-refractivity contribution >= 4 is 56.6 Å². The van der Waals surface area contributed by atoms with Gasteiger partial charge < -0.3 is 10.6 Å². The first-order valence-electron chi connectivity index (χ1n) is 11.3. The molecule has 1 aliphatic rings. The molecule has 3 aromatic carbocycles. The van der Waals surface area contributed by atoms with Crippen LogP contribution in [-0.4, -0.2) is 50.1 Å². The summed E-state index contributed by atoms with van der Waals surface area (Å²) in [5.74, 6) is -3.78. The number of halogens is 2. The fourth-order valence-electron chi connectivity index (χ4n) is 4.23. The molecule has 2 atom stereocenters. The van der Waals surface area contributed by atoms with E-state index in [0.29, 0.717) is 16.3 Å². The van der Waals surface area contributed by atoms with Crippen LogP contribution >= 0.6 is 23.4 Å². The van der Waals surface area contributed by atoms with Crippen molar-refractivity contribution in [3.05, 3.63) is 77.6 Å². The number of thioether (sulfide) groups is 1. The Morgan fingerprint density at radius 3 is 2.19 bits per heavy atom. The molecule has 4 rings (SSSR count). The van der Waals surface area contributed by atoms with Gasteiger partial charge in [0.15, 0.2) is 0 Å². The van der Waals surface area contributed by atoms with Crippen molar-refractivity contribution in [3.8, 4) is 11.1 Å². The second-order valence-electron chi connectivity index (χ2n) is 8.67. The van der Waals surface area contributed by atoms with Gasteiger partial charge in [-0.2, -0.15) is 0 Å². The topological polar surface area (TPSA) is 95.6 Å². The molecule has 11 heteroatoms. The van der Waals surface area contributed by atoms with Crippen molar-refractivity contribution in [2.24, 2.45) is 11.8 Å². The van der Waals surface area contributed by atoms with Crippen molar-refractivity contribution in [2.75, 3.05) is 36.2 Å². The van der Waals surface area contributed by atoms with Crippen LogP contribution in [0.3, 0.4) is 0 Å². The number of hydrogen-bond donors (Lipinski definition) is 2. The van der Waals surface area contributed by atoms with Crippen molar-refractivity contribution in [1.82, 2.24) is 4.31 Å². The maximum atomic E-state index is 15.0. The summed E-state index contributed by atoms with van der Waals surface area (Å²) in [6, 6.07) is 18.5. The highest BCUT2D eigenvalue weighted by atomic mass is 35.5. The summed E-state index contributed by atoms with van der Waals surface area (Å²) in [4.78, 5) is 27.2. The highest BCUT2D eigenvalue weighted by Gasteiger charge is 2.45. The number of carbonyl (C=O) groups excluding carboxylic acids is 2. The first-order valence-corrected chi connectivity index (χ1v) is 14.8. The Labute approximate surface area is 224 Å². The fraction of sp³-hybridized carbons (Fsp3) is 0.231. The molecule has 1 heterocycles. The van der Waals surface area contributed by atoms with Crippen molar-refractivity contribution < 1.29 is 22.4 Å². The number of amides is 2. The highest BCUT2D eigenvalue weighted by Crippen LogP contribution is 2.33. The van der Waals surface area contributed by atoms with E-state index < -0.39 is 39.5 Å². The van der Waals surface area contributed by atoms with Crippen LogP contribution in [0.5, 0.6) is 0 Å². The molecule has 37 heavy (non-hydrogen) atoms. The van der Waals surface area contributed by atoms with Gasteiger partial charge in [0.2, 0.25) is 21.8 Å². The lowest BCUT2D eigenvalue weighted by molar-refractivity contribution is -0.127. The fourth-order valence-corrected chi connectivity index (χ4v) is 5.84. The van der Waals surface area contributed by atoms with E-state index >= 15 is 4.39 Å². The summed E-state index contributed by atoms with van der Waals surface area (Å²) >= 11 is 7.43. The second-order valence-corrected chi connectivity index (χ2v) is 11.9. The van der Waals surface area contributed by atoms with Crippen LogP contribution in [0.15, 0.2) is 71.6 Å². The van der Waals surface area contributed by atoms with E-state index in [9.17, 15) is 18.0 Å². The summed E-state index contributed by atoms with van der Waals surface area (Å²) in [5, 5.41) is 5.74. The molecule has 0 radical (unpaired) electrons. The minimum atomic E-state index is -3.66. The van der Waals surface area contributed by atoms with Gasteiger partial charge in [0, 0.05) is 28.7 Å². The highest BCUT2D eigenvalue weighted by molar-refractivity contribution is 7.98. The van der Waals surface area contributed by atoms with Gasteiger partial charge in [-0.05, 0) is 59.8 Å². The summed E-state index contributed by atoms with van der Waals surface area (Å²) in [5.41, 5.74) is 1.93. The van der Waals surface area contributed by atoms with Gasteiger partial charge >= 0.3 is 0 Å². The van der Waals surface area contributed by atoms with Gasteiger partial charge in [-0.1, -0.05) is 35.9 Å². The first kappa shape index (κ1) is 27.1. The molecule has 2 amide bonds. The Morgan fingerprint density at radius 2 is 1.59 bits per heavy atom. The van der Waals surface area contributed by atoms with E-state index in [1.165, 1.54) is 12.1 Å². The molecule has 7 nitrogen and oxygen atoms in total. The second kappa shape index (κ2) is 11.2. The van der Waals surface area contributed by atoms with Gasteiger partial charge in [0.05, 0.1) is 23.8 Å². The maximum absolute atomic E-state index is 15.0. The number of benzene rings is 3. The van der Waals surface area contributed by atoms with Crippen molar-refractivity contribution in [1.29, 1.82) is 0 Å². The largest absolute Gasteiger partial charge is 0.326 e. The quantitative estimate of drug-likeness (QED) is 0.398. The van der Waals surface area contributed by atoms with E-state index in [1.807, 2.05) is 30.5 Å². The average Bonchev–Trinajstić information content (AvgIpc) is 3.33. The number of rotatable bonds is 7. The lowest BCUT2D eigenvalue weighted by Crippen LogP contribution is -2.35. The summed E-state index contributed by atoms with van der Waals surface area (Å²) < 4.78 is 40.5. The number of hydrogen-bond acceptors (Lipinski definition) is 5. The molecule has 0 unspecified atom stereocenters. The molecule has 0 spiro atoms. The Morgan fingerprint density at radius 1 is 0.973 bits per heavy atom. The molecular weight excluding hydrogens is 537 g/mol. The maximum Gasteiger partial charge on any atom is 0.229 e. The summed E-state index contributed by atoms with van der Waals surface area (Å²) in [7, 11) is -3.66. The van der Waals surface area contributed by atoms with E-state index in [0.717, 1.165) is 21.0 Å². The van der Waals surface area contributed by atoms with Crippen LogP contribution in [0.25, 0.3) is 11.1 Å². The van der Waals surface area contributed by atoms with E-state index in [1.54, 1.807) is 42.1 Å². The number of nitrogens with zero attached hydrogens (tertiary/aromatic N) is 1. The Balaban J connectivity index is 1.55. The molecule has 1 aliphatic heterocycles. The lowest BCUT2D eigenvalue weighted by Gasteiger charge is -2.18. The molecule has 1 saturated heterocycles. The van der Waals surface area contributed by atoms with Gasteiger partial charge in [0.25, 0.3) is 0 Å². The Hall–Kier alpha value is -2.92. The van der Waals surface area contributed by atoms with Crippen LogP contribution in [0.4, 0.5) is 15.8 Å². The van der Waals surface area contributed by atoms with Gasteiger partial charge in [-0.15, -0.1) is 11.8 Å². The SMILES string of the molecule is CSc1ccccc1-c1ccc(NC(=O)[C@H]2CN(S(C)(=O)=O)C[C@@H]2C(=O)Nc2ccc(Cl)cc2)c(F)c1. The molecular formula is C26H25ClFN3O4S2. The standard InChI is InChI=1S/C26H25ClFN3O4S2/c1-36-24-6-4-3-5-19(24)16-7-12-23(22(28)13-16)30-26(33)21-15-31(37(2,34)35)14-20(21)25(32)29-18-10-8-17(27)9-11-18/h3-13,20-21H,14-15H2,1-2H3,(H,29,32)(H,30,33)/t20-,21-/m0/s1. The Bertz CT molecular complexity index is 1430. The monoisotopic (exact) mass is 561 g/mol. The summed E-state index contributed by atoms with van der Waals surface area (Å²) in [6.45, 7) is -0.354. The zero-order valence-electron chi connectivity index (χ0n) is 20.1. The van der Waals surface area contributed by atoms with Crippen LogP contribution in [0.2, 0.25) is 5.02 Å². The third kappa shape index (κ3) is 6.32. The number of nitrogens with one attached hydrogen (secondary N) is 2. The number of carbonyl (C=O) groups is 2. The van der Waals surface area contributed by atoms with Gasteiger partial charge in [-0.3, -0.25) is 9.59 Å². The van der Waals surface area contributed by atoms with Gasteiger partial charge in [-0.25, -0.2) is 17.1 Å². The molecule has 0 saturated carbocycles. The molecule has 0 bridgehead atoms. The number of anilines is 2. The van der Waals surface area contributed by atoms with Crippen molar-refractivity contribution in [3.63, 3.8) is 0 Å². The minimum Gasteiger partial charge on any atom is -0.326 e. The van der Waals surface area contributed by atoms with Crippen LogP contribution in [0, 0.1) is 17.7 Å². The zero-order chi connectivity index (χ0) is 26.7. The molecule has 194 valence electrons. The Kier molecular flexibility index (Phi) is 8.23. The zero-order valence-corrected chi connectivity index (χ0v) is 22.5. The van der Waals surface area contributed by atoms with Gasteiger partial charge in [0.1, 0.15) is 5.82 Å². The lowest BCUT2D eigenvalue weighted by atomic mass is 9.94. The molecule has 0 aliphatic carbocycles. The predicted molar refractivity (Wildman–Crippen MR) is 146 cm³/mol. The molecule has 2 N–H and O–H groups in total. The van der Waals surface area contributed by atoms with Crippen LogP contribution in [-0.2, 0) is 19.6 Å². The van der Waals surface area contributed by atoms with E-state index in [2.05, 4.69) is 10.6 Å². The smallest absolute Gasteiger partial charge is 0.229 e. The van der Waals surface area contributed by atoms with Crippen LogP contribution in [0.1, 0.15) is 0 Å². The first-order chi connectivity index (χ1) is 17.6. The average molecular weight is 562 g/mol. The minimum absolute atomic E-state index is 0.0509. The third-order valence-electron chi connectivity index (χ3n) is 6.19.